The van der Waals surface area contributed by atoms with Gasteiger partial charge in [0.05, 0.1) is 11.2 Å². The number of aryl methyl sites for hydroxylation is 1. The number of pyridine rings is 1. The summed E-state index contributed by atoms with van der Waals surface area (Å²) in [6, 6.07) is 6.03. The van der Waals surface area contributed by atoms with Gasteiger partial charge < -0.3 is 4.79 Å². The first-order chi connectivity index (χ1) is 7.74. The summed E-state index contributed by atoms with van der Waals surface area (Å²) in [4.78, 5) is 10.5. The number of rotatable bonds is 4. The Morgan fingerprint density at radius 2 is 2.25 bits per heavy atom. The minimum Gasteiger partial charge on any atom is -0.303 e. The van der Waals surface area contributed by atoms with Gasteiger partial charge in [0.1, 0.15) is 6.29 Å². The fourth-order valence-corrected chi connectivity index (χ4v) is 1.99. The zero-order valence-electron chi connectivity index (χ0n) is 9.68. The van der Waals surface area contributed by atoms with E-state index in [0.717, 1.165) is 23.9 Å². The van der Waals surface area contributed by atoms with Crippen LogP contribution in [0.15, 0.2) is 24.4 Å². The molecule has 16 heavy (non-hydrogen) atoms. The Labute approximate surface area is 95.1 Å². The van der Waals surface area contributed by atoms with Crippen LogP contribution in [0.5, 0.6) is 0 Å². The third-order valence-electron chi connectivity index (χ3n) is 2.73. The van der Waals surface area contributed by atoms with E-state index < -0.39 is 0 Å². The Balaban J connectivity index is 2.55. The highest BCUT2D eigenvalue weighted by molar-refractivity contribution is 5.59. The van der Waals surface area contributed by atoms with Crippen molar-refractivity contribution in [3.8, 4) is 0 Å². The molecule has 0 aliphatic heterocycles. The van der Waals surface area contributed by atoms with Crippen molar-refractivity contribution in [2.45, 2.75) is 32.6 Å². The topological polar surface area (TPSA) is 34.4 Å². The summed E-state index contributed by atoms with van der Waals surface area (Å²) in [6.45, 7) is 4.26. The van der Waals surface area contributed by atoms with Gasteiger partial charge in [0.2, 0.25) is 0 Å². The lowest BCUT2D eigenvalue weighted by Crippen LogP contribution is -1.95. The maximum absolute atomic E-state index is 10.5. The van der Waals surface area contributed by atoms with E-state index >= 15 is 0 Å². The molecule has 0 bridgehead atoms. The molecular weight excluding hydrogens is 200 g/mol. The standard InChI is InChI=1S/C13H16N2O/c1-10(2)13-11(6-5-9-16)12-7-3-4-8-15(12)14-13/h3-4,7-10H,5-6H2,1-2H3. The molecule has 0 aliphatic rings. The van der Waals surface area contributed by atoms with Crippen molar-refractivity contribution in [3.63, 3.8) is 0 Å². The van der Waals surface area contributed by atoms with Crippen molar-refractivity contribution >= 4 is 11.8 Å². The number of aromatic nitrogens is 2. The van der Waals surface area contributed by atoms with E-state index in [0.29, 0.717) is 12.3 Å². The van der Waals surface area contributed by atoms with Crippen molar-refractivity contribution in [1.82, 2.24) is 9.61 Å². The second-order valence-electron chi connectivity index (χ2n) is 4.25. The number of hydrogen-bond acceptors (Lipinski definition) is 2. The number of carbonyl (C=O) groups excluding carboxylic acids is 1. The number of hydrogen-bond donors (Lipinski definition) is 0. The van der Waals surface area contributed by atoms with Crippen LogP contribution in [0, 0.1) is 0 Å². The molecule has 0 fully saturated rings. The van der Waals surface area contributed by atoms with Crippen LogP contribution in [0.25, 0.3) is 5.52 Å². The minimum absolute atomic E-state index is 0.390. The highest BCUT2D eigenvalue weighted by Gasteiger charge is 2.14. The van der Waals surface area contributed by atoms with Gasteiger partial charge in [-0.05, 0) is 24.5 Å². The van der Waals surface area contributed by atoms with E-state index in [1.807, 2.05) is 22.8 Å². The highest BCUT2D eigenvalue weighted by Crippen LogP contribution is 2.23. The molecule has 2 rings (SSSR count). The molecule has 0 amide bonds. The van der Waals surface area contributed by atoms with Crippen molar-refractivity contribution in [3.05, 3.63) is 35.7 Å². The van der Waals surface area contributed by atoms with Gasteiger partial charge in [-0.2, -0.15) is 5.10 Å². The van der Waals surface area contributed by atoms with Crippen LogP contribution in [-0.2, 0) is 11.2 Å². The Kier molecular flexibility index (Phi) is 3.04. The van der Waals surface area contributed by atoms with Crippen LogP contribution in [0.1, 0.15) is 37.4 Å². The fourth-order valence-electron chi connectivity index (χ4n) is 1.99. The largest absolute Gasteiger partial charge is 0.303 e. The molecule has 0 unspecified atom stereocenters. The van der Waals surface area contributed by atoms with Crippen LogP contribution < -0.4 is 0 Å². The molecule has 0 spiro atoms. The minimum atomic E-state index is 0.390. The third kappa shape index (κ3) is 1.85. The molecule has 0 aromatic carbocycles. The fraction of sp³-hybridized carbons (Fsp3) is 0.385. The first kappa shape index (κ1) is 10.9. The van der Waals surface area contributed by atoms with E-state index in [2.05, 4.69) is 25.0 Å². The van der Waals surface area contributed by atoms with Crippen LogP contribution in [0.4, 0.5) is 0 Å². The van der Waals surface area contributed by atoms with Crippen LogP contribution in [0.2, 0.25) is 0 Å². The first-order valence-electron chi connectivity index (χ1n) is 5.63. The molecule has 0 atom stereocenters. The average Bonchev–Trinajstić information content (AvgIpc) is 2.65. The quantitative estimate of drug-likeness (QED) is 0.736. The van der Waals surface area contributed by atoms with E-state index in [1.165, 1.54) is 5.56 Å². The summed E-state index contributed by atoms with van der Waals surface area (Å²) in [5.74, 6) is 0.390. The zero-order valence-corrected chi connectivity index (χ0v) is 9.68. The average molecular weight is 216 g/mol. The SMILES string of the molecule is CC(C)c1nn2ccccc2c1CCC=O. The van der Waals surface area contributed by atoms with Gasteiger partial charge in [0.25, 0.3) is 0 Å². The lowest BCUT2D eigenvalue weighted by Gasteiger charge is -2.03. The summed E-state index contributed by atoms with van der Waals surface area (Å²) in [6.07, 6.45) is 4.27. The summed E-state index contributed by atoms with van der Waals surface area (Å²) in [5.41, 5.74) is 3.43. The molecule has 0 saturated heterocycles. The zero-order chi connectivity index (χ0) is 11.5. The lowest BCUT2D eigenvalue weighted by molar-refractivity contribution is -0.107. The van der Waals surface area contributed by atoms with Crippen LogP contribution in [-0.4, -0.2) is 15.9 Å². The molecular formula is C13H16N2O. The molecule has 2 heterocycles. The van der Waals surface area contributed by atoms with E-state index in [1.54, 1.807) is 0 Å². The Hall–Kier alpha value is -1.64. The first-order valence-corrected chi connectivity index (χ1v) is 5.63. The molecule has 0 aliphatic carbocycles. The molecule has 3 nitrogen and oxygen atoms in total. The van der Waals surface area contributed by atoms with Gasteiger partial charge in [-0.25, -0.2) is 4.52 Å². The van der Waals surface area contributed by atoms with Gasteiger partial charge >= 0.3 is 0 Å². The molecule has 0 radical (unpaired) electrons. The Morgan fingerprint density at radius 3 is 2.94 bits per heavy atom. The van der Waals surface area contributed by atoms with Gasteiger partial charge in [0.15, 0.2) is 0 Å². The highest BCUT2D eigenvalue weighted by atomic mass is 16.1. The second-order valence-corrected chi connectivity index (χ2v) is 4.25. The lowest BCUT2D eigenvalue weighted by atomic mass is 10.0. The second kappa shape index (κ2) is 4.47. The van der Waals surface area contributed by atoms with Crippen molar-refractivity contribution in [2.75, 3.05) is 0 Å². The van der Waals surface area contributed by atoms with Crippen LogP contribution >= 0.6 is 0 Å². The number of carbonyl (C=O) groups is 1. The summed E-state index contributed by atoms with van der Waals surface area (Å²) in [5, 5.41) is 4.57. The summed E-state index contributed by atoms with van der Waals surface area (Å²) >= 11 is 0. The van der Waals surface area contributed by atoms with Gasteiger partial charge in [-0.1, -0.05) is 19.9 Å². The predicted octanol–water partition coefficient (Wildman–Crippen LogP) is 2.59. The van der Waals surface area contributed by atoms with Gasteiger partial charge in [-0.3, -0.25) is 0 Å². The predicted molar refractivity (Wildman–Crippen MR) is 63.7 cm³/mol. The maximum atomic E-state index is 10.5. The third-order valence-corrected chi connectivity index (χ3v) is 2.73. The molecule has 2 aromatic rings. The molecule has 2 aromatic heterocycles. The molecule has 84 valence electrons. The maximum Gasteiger partial charge on any atom is 0.120 e. The summed E-state index contributed by atoms with van der Waals surface area (Å²) < 4.78 is 1.90. The molecule has 3 heteroatoms. The van der Waals surface area contributed by atoms with Crippen molar-refractivity contribution < 1.29 is 4.79 Å². The van der Waals surface area contributed by atoms with E-state index in [9.17, 15) is 4.79 Å². The van der Waals surface area contributed by atoms with Gasteiger partial charge in [0, 0.05) is 18.2 Å². The smallest absolute Gasteiger partial charge is 0.120 e. The van der Waals surface area contributed by atoms with E-state index in [4.69, 9.17) is 0 Å². The Bertz CT molecular complexity index is 500. The van der Waals surface area contributed by atoms with Crippen molar-refractivity contribution in [2.24, 2.45) is 0 Å². The number of nitrogens with zero attached hydrogens (tertiary/aromatic N) is 2. The van der Waals surface area contributed by atoms with Crippen LogP contribution in [0.3, 0.4) is 0 Å². The number of fused-ring (bicyclic) bond motifs is 1. The summed E-state index contributed by atoms with van der Waals surface area (Å²) in [7, 11) is 0. The monoisotopic (exact) mass is 216 g/mol. The normalized spacial score (nSPS) is 11.2. The van der Waals surface area contributed by atoms with Gasteiger partial charge in [-0.15, -0.1) is 0 Å². The Morgan fingerprint density at radius 1 is 1.44 bits per heavy atom. The number of aldehydes is 1. The molecule has 0 saturated carbocycles. The van der Waals surface area contributed by atoms with E-state index in [-0.39, 0.29) is 0 Å². The van der Waals surface area contributed by atoms with Crippen molar-refractivity contribution in [1.29, 1.82) is 0 Å². The molecule has 0 N–H and O–H groups in total.